The van der Waals surface area contributed by atoms with Crippen LogP contribution in [0, 0.1) is 0 Å². The van der Waals surface area contributed by atoms with Crippen LogP contribution < -0.4 is 10.6 Å². The molecule has 1 aromatic heterocycles. The second-order valence-corrected chi connectivity index (χ2v) is 9.55. The van der Waals surface area contributed by atoms with Crippen molar-refractivity contribution in [2.24, 2.45) is 4.99 Å². The maximum Gasteiger partial charge on any atom is 0.191 e. The molecule has 0 unspecified atom stereocenters. The second kappa shape index (κ2) is 9.73. The summed E-state index contributed by atoms with van der Waals surface area (Å²) in [5.41, 5.74) is 1.85. The first kappa shape index (κ1) is 20.5. The summed E-state index contributed by atoms with van der Waals surface area (Å²) < 4.78 is 22.7. The first-order valence-corrected chi connectivity index (χ1v) is 11.6. The van der Waals surface area contributed by atoms with E-state index in [-0.39, 0.29) is 5.75 Å². The number of hydrogen-bond acceptors (Lipinski definition) is 4. The van der Waals surface area contributed by atoms with Gasteiger partial charge in [0, 0.05) is 22.6 Å². The zero-order valence-electron chi connectivity index (χ0n) is 15.6. The molecule has 1 aromatic carbocycles. The van der Waals surface area contributed by atoms with Gasteiger partial charge in [-0.3, -0.25) is 0 Å². The maximum atomic E-state index is 11.3. The minimum Gasteiger partial charge on any atom is -0.357 e. The van der Waals surface area contributed by atoms with Crippen LogP contribution in [0.3, 0.4) is 0 Å². The van der Waals surface area contributed by atoms with Gasteiger partial charge in [-0.15, -0.1) is 11.3 Å². The lowest BCUT2D eigenvalue weighted by Gasteiger charge is -2.10. The van der Waals surface area contributed by atoms with E-state index >= 15 is 0 Å². The van der Waals surface area contributed by atoms with Crippen LogP contribution in [0.5, 0.6) is 0 Å². The Labute approximate surface area is 160 Å². The minimum absolute atomic E-state index is 0.0707. The highest BCUT2D eigenvalue weighted by Crippen LogP contribution is 2.16. The molecular weight excluding hydrogens is 366 g/mol. The monoisotopic (exact) mass is 393 g/mol. The van der Waals surface area contributed by atoms with Crippen molar-refractivity contribution in [3.05, 3.63) is 57.3 Å². The van der Waals surface area contributed by atoms with Crippen LogP contribution in [0.15, 0.2) is 41.4 Å². The molecule has 1 heterocycles. The Bertz CT molecular complexity index is 825. The molecule has 0 saturated heterocycles. The smallest absolute Gasteiger partial charge is 0.191 e. The third-order valence-corrected chi connectivity index (χ3v) is 5.80. The standard InChI is InChI=1S/C19H27N3O2S2/c1-4-17-10-11-18(25-17)13-22-19(20-5-2)21-12-15-6-8-16(9-7-15)14-26(3,23)24/h6-11H,4-5,12-14H2,1-3H3,(H2,20,21,22). The van der Waals surface area contributed by atoms with Crippen molar-refractivity contribution in [3.63, 3.8) is 0 Å². The molecule has 2 aromatic rings. The van der Waals surface area contributed by atoms with E-state index in [1.54, 1.807) is 0 Å². The van der Waals surface area contributed by atoms with E-state index in [4.69, 9.17) is 0 Å². The molecule has 0 fully saturated rings. The normalized spacial score (nSPS) is 12.2. The molecule has 0 aliphatic carbocycles. The molecule has 26 heavy (non-hydrogen) atoms. The van der Waals surface area contributed by atoms with E-state index in [9.17, 15) is 8.42 Å². The molecule has 0 aliphatic heterocycles. The number of nitrogens with zero attached hydrogens (tertiary/aromatic N) is 1. The molecule has 142 valence electrons. The number of benzene rings is 1. The van der Waals surface area contributed by atoms with Crippen molar-refractivity contribution in [2.75, 3.05) is 12.8 Å². The Morgan fingerprint density at radius 2 is 1.65 bits per heavy atom. The summed E-state index contributed by atoms with van der Waals surface area (Å²) in [5.74, 6) is 0.848. The van der Waals surface area contributed by atoms with Gasteiger partial charge >= 0.3 is 0 Å². The number of rotatable bonds is 8. The number of thiophene rings is 1. The fraction of sp³-hybridized carbons (Fsp3) is 0.421. The summed E-state index contributed by atoms with van der Waals surface area (Å²) in [7, 11) is -3.00. The van der Waals surface area contributed by atoms with Gasteiger partial charge in [0.25, 0.3) is 0 Å². The molecule has 7 heteroatoms. The summed E-state index contributed by atoms with van der Waals surface area (Å²) in [5, 5.41) is 6.61. The first-order valence-electron chi connectivity index (χ1n) is 8.75. The van der Waals surface area contributed by atoms with Gasteiger partial charge < -0.3 is 10.6 Å². The lowest BCUT2D eigenvalue weighted by atomic mass is 10.1. The van der Waals surface area contributed by atoms with Gasteiger partial charge in [-0.05, 0) is 36.6 Å². The summed E-state index contributed by atoms with van der Waals surface area (Å²) in [6, 6.07) is 11.9. The Morgan fingerprint density at radius 1 is 1.00 bits per heavy atom. The topological polar surface area (TPSA) is 70.6 Å². The molecule has 0 saturated carbocycles. The molecule has 5 nitrogen and oxygen atoms in total. The van der Waals surface area contributed by atoms with Crippen molar-refractivity contribution < 1.29 is 8.42 Å². The molecule has 0 spiro atoms. The zero-order chi connectivity index (χ0) is 19.0. The molecule has 0 aliphatic rings. The van der Waals surface area contributed by atoms with Gasteiger partial charge in [0.15, 0.2) is 15.8 Å². The lowest BCUT2D eigenvalue weighted by molar-refractivity contribution is 0.601. The SMILES string of the molecule is CCNC(=NCc1ccc(CS(C)(=O)=O)cc1)NCc1ccc(CC)s1. The Kier molecular flexibility index (Phi) is 7.66. The van der Waals surface area contributed by atoms with Crippen molar-refractivity contribution in [2.45, 2.75) is 39.1 Å². The average molecular weight is 394 g/mol. The van der Waals surface area contributed by atoms with E-state index in [0.29, 0.717) is 6.54 Å². The van der Waals surface area contributed by atoms with Crippen molar-refractivity contribution in [3.8, 4) is 0 Å². The Balaban J connectivity index is 1.95. The van der Waals surface area contributed by atoms with Crippen molar-refractivity contribution >= 4 is 27.1 Å². The third-order valence-electron chi connectivity index (χ3n) is 3.71. The molecule has 0 bridgehead atoms. The van der Waals surface area contributed by atoms with Gasteiger partial charge in [-0.25, -0.2) is 13.4 Å². The van der Waals surface area contributed by atoms with Gasteiger partial charge in [0.05, 0.1) is 18.8 Å². The molecular formula is C19H27N3O2S2. The Hall–Kier alpha value is -1.86. The van der Waals surface area contributed by atoms with Crippen LogP contribution >= 0.6 is 11.3 Å². The van der Waals surface area contributed by atoms with Crippen LogP contribution in [0.1, 0.15) is 34.7 Å². The fourth-order valence-electron chi connectivity index (χ4n) is 2.43. The molecule has 0 atom stereocenters. The molecule has 0 radical (unpaired) electrons. The quantitative estimate of drug-likeness (QED) is 0.534. The minimum atomic E-state index is -3.00. The predicted octanol–water partition coefficient (Wildman–Crippen LogP) is 3.11. The predicted molar refractivity (Wildman–Crippen MR) is 110 cm³/mol. The average Bonchev–Trinajstić information content (AvgIpc) is 3.05. The van der Waals surface area contributed by atoms with Gasteiger partial charge in [0.1, 0.15) is 0 Å². The van der Waals surface area contributed by atoms with Crippen LogP contribution in [-0.2, 0) is 35.1 Å². The number of sulfone groups is 1. The number of aryl methyl sites for hydroxylation is 1. The lowest BCUT2D eigenvalue weighted by Crippen LogP contribution is -2.36. The van der Waals surface area contributed by atoms with E-state index in [1.165, 1.54) is 16.0 Å². The van der Waals surface area contributed by atoms with Crippen LogP contribution in [0.4, 0.5) is 0 Å². The van der Waals surface area contributed by atoms with Gasteiger partial charge in [0.2, 0.25) is 0 Å². The zero-order valence-corrected chi connectivity index (χ0v) is 17.2. The first-order chi connectivity index (χ1) is 12.4. The molecule has 0 amide bonds. The van der Waals surface area contributed by atoms with Gasteiger partial charge in [-0.2, -0.15) is 0 Å². The second-order valence-electron chi connectivity index (χ2n) is 6.16. The maximum absolute atomic E-state index is 11.3. The highest BCUT2D eigenvalue weighted by molar-refractivity contribution is 7.89. The number of nitrogens with one attached hydrogen (secondary N) is 2. The number of hydrogen-bond donors (Lipinski definition) is 2. The highest BCUT2D eigenvalue weighted by atomic mass is 32.2. The van der Waals surface area contributed by atoms with Crippen LogP contribution in [0.2, 0.25) is 0 Å². The fourth-order valence-corrected chi connectivity index (χ4v) is 4.13. The highest BCUT2D eigenvalue weighted by Gasteiger charge is 2.05. The van der Waals surface area contributed by atoms with E-state index in [1.807, 2.05) is 42.5 Å². The summed E-state index contributed by atoms with van der Waals surface area (Å²) in [6.45, 7) is 6.29. The summed E-state index contributed by atoms with van der Waals surface area (Å²) in [6.07, 6.45) is 2.31. The van der Waals surface area contributed by atoms with E-state index in [2.05, 4.69) is 34.7 Å². The van der Waals surface area contributed by atoms with E-state index in [0.717, 1.165) is 36.6 Å². The van der Waals surface area contributed by atoms with E-state index < -0.39 is 9.84 Å². The Morgan fingerprint density at radius 3 is 2.23 bits per heavy atom. The van der Waals surface area contributed by atoms with Crippen molar-refractivity contribution in [1.82, 2.24) is 10.6 Å². The van der Waals surface area contributed by atoms with Crippen molar-refractivity contribution in [1.29, 1.82) is 0 Å². The number of guanidine groups is 1. The molecule has 2 rings (SSSR count). The van der Waals surface area contributed by atoms with Gasteiger partial charge in [-0.1, -0.05) is 31.2 Å². The van der Waals surface area contributed by atoms with Crippen LogP contribution in [0.25, 0.3) is 0 Å². The largest absolute Gasteiger partial charge is 0.357 e. The summed E-state index contributed by atoms with van der Waals surface area (Å²) in [4.78, 5) is 7.29. The molecule has 2 N–H and O–H groups in total. The third kappa shape index (κ3) is 7.17. The van der Waals surface area contributed by atoms with Crippen LogP contribution in [-0.4, -0.2) is 27.2 Å². The number of aliphatic imine (C=N–C) groups is 1. The summed E-state index contributed by atoms with van der Waals surface area (Å²) >= 11 is 1.82.